The van der Waals surface area contributed by atoms with Crippen molar-refractivity contribution < 1.29 is 14.3 Å². The fraction of sp³-hybridized carbons (Fsp3) is 0.571. The highest BCUT2D eigenvalue weighted by Crippen LogP contribution is 2.29. The molecule has 1 aromatic rings. The summed E-state index contributed by atoms with van der Waals surface area (Å²) in [7, 11) is 1.35. The van der Waals surface area contributed by atoms with Gasteiger partial charge in [-0.25, -0.2) is 4.79 Å². The molecule has 1 aromatic heterocycles. The number of carbonyl (C=O) groups excluding carboxylic acids is 2. The lowest BCUT2D eigenvalue weighted by Gasteiger charge is -2.07. The molecule has 0 spiro atoms. The van der Waals surface area contributed by atoms with Gasteiger partial charge in [-0.1, -0.05) is 25.7 Å². The van der Waals surface area contributed by atoms with E-state index in [1.54, 1.807) is 12.1 Å². The monoisotopic (exact) mass is 281 g/mol. The van der Waals surface area contributed by atoms with E-state index < -0.39 is 0 Å². The van der Waals surface area contributed by atoms with Crippen molar-refractivity contribution in [3.63, 3.8) is 0 Å². The molecule has 19 heavy (non-hydrogen) atoms. The van der Waals surface area contributed by atoms with Crippen LogP contribution >= 0.6 is 11.3 Å². The van der Waals surface area contributed by atoms with Gasteiger partial charge < -0.3 is 10.1 Å². The van der Waals surface area contributed by atoms with Gasteiger partial charge in [-0.05, 0) is 24.5 Å². The molecule has 1 N–H and O–H groups in total. The Morgan fingerprint density at radius 1 is 1.37 bits per heavy atom. The third-order valence-corrected chi connectivity index (χ3v) is 4.49. The van der Waals surface area contributed by atoms with Crippen molar-refractivity contribution in [3.05, 3.63) is 17.0 Å². The molecular formula is C14H19NO3S. The minimum absolute atomic E-state index is 0.0326. The van der Waals surface area contributed by atoms with Crippen molar-refractivity contribution >= 4 is 28.2 Å². The Hall–Kier alpha value is -1.36. The van der Waals surface area contributed by atoms with Gasteiger partial charge in [0.25, 0.3) is 0 Å². The van der Waals surface area contributed by atoms with Crippen molar-refractivity contribution in [1.29, 1.82) is 0 Å². The fourth-order valence-corrected chi connectivity index (χ4v) is 3.29. The van der Waals surface area contributed by atoms with Crippen LogP contribution in [-0.2, 0) is 9.53 Å². The second-order valence-electron chi connectivity index (χ2n) is 4.89. The van der Waals surface area contributed by atoms with Crippen LogP contribution in [0.15, 0.2) is 12.1 Å². The third kappa shape index (κ3) is 4.06. The second-order valence-corrected chi connectivity index (χ2v) is 5.98. The van der Waals surface area contributed by atoms with E-state index in [1.165, 1.54) is 44.1 Å². The standard InChI is InChI=1S/C14H19NO3S/c1-18-14(17)11-7-9-13(19-11)15-12(16)8-6-10-4-2-3-5-10/h7,9-10H,2-6,8H2,1H3,(H,15,16). The minimum Gasteiger partial charge on any atom is -0.465 e. The first-order valence-corrected chi connectivity index (χ1v) is 7.48. The average Bonchev–Trinajstić information content (AvgIpc) is 3.06. The number of rotatable bonds is 5. The van der Waals surface area contributed by atoms with E-state index >= 15 is 0 Å². The first kappa shape index (κ1) is 14.1. The molecule has 1 amide bonds. The highest BCUT2D eigenvalue weighted by atomic mass is 32.1. The van der Waals surface area contributed by atoms with Gasteiger partial charge in [0, 0.05) is 6.42 Å². The Labute approximate surface area is 117 Å². The van der Waals surface area contributed by atoms with Crippen LogP contribution in [0.25, 0.3) is 0 Å². The molecular weight excluding hydrogens is 262 g/mol. The van der Waals surface area contributed by atoms with E-state index in [0.717, 1.165) is 12.3 Å². The van der Waals surface area contributed by atoms with E-state index in [-0.39, 0.29) is 11.9 Å². The smallest absolute Gasteiger partial charge is 0.348 e. The highest BCUT2D eigenvalue weighted by Gasteiger charge is 2.16. The average molecular weight is 281 g/mol. The van der Waals surface area contributed by atoms with Crippen molar-refractivity contribution in [3.8, 4) is 0 Å². The molecule has 1 heterocycles. The summed E-state index contributed by atoms with van der Waals surface area (Å²) < 4.78 is 4.63. The normalized spacial score (nSPS) is 15.4. The molecule has 0 aliphatic heterocycles. The van der Waals surface area contributed by atoms with Gasteiger partial charge >= 0.3 is 5.97 Å². The van der Waals surface area contributed by atoms with Crippen LogP contribution in [0.3, 0.4) is 0 Å². The van der Waals surface area contributed by atoms with Crippen molar-refractivity contribution in [1.82, 2.24) is 0 Å². The number of ether oxygens (including phenoxy) is 1. The van der Waals surface area contributed by atoms with Crippen molar-refractivity contribution in [2.45, 2.75) is 38.5 Å². The van der Waals surface area contributed by atoms with Crippen LogP contribution in [0.1, 0.15) is 48.2 Å². The van der Waals surface area contributed by atoms with Crippen LogP contribution in [0.4, 0.5) is 5.00 Å². The van der Waals surface area contributed by atoms with Gasteiger partial charge in [0.05, 0.1) is 12.1 Å². The number of esters is 1. The maximum absolute atomic E-state index is 11.8. The molecule has 0 bridgehead atoms. The Morgan fingerprint density at radius 2 is 2.11 bits per heavy atom. The SMILES string of the molecule is COC(=O)c1ccc(NC(=O)CCC2CCCC2)s1. The number of hydrogen-bond donors (Lipinski definition) is 1. The topological polar surface area (TPSA) is 55.4 Å². The summed E-state index contributed by atoms with van der Waals surface area (Å²) in [6.07, 6.45) is 6.67. The van der Waals surface area contributed by atoms with E-state index in [2.05, 4.69) is 10.1 Å². The molecule has 104 valence electrons. The molecule has 0 radical (unpaired) electrons. The summed E-state index contributed by atoms with van der Waals surface area (Å²) in [5.41, 5.74) is 0. The molecule has 0 aromatic carbocycles. The van der Waals surface area contributed by atoms with Gasteiger partial charge in [0.1, 0.15) is 4.88 Å². The molecule has 0 unspecified atom stereocenters. The zero-order valence-electron chi connectivity index (χ0n) is 11.1. The van der Waals surface area contributed by atoms with Gasteiger partial charge in [0.2, 0.25) is 5.91 Å². The third-order valence-electron chi connectivity index (χ3n) is 3.51. The molecule has 1 aliphatic carbocycles. The Kier molecular flexibility index (Phi) is 4.96. The largest absolute Gasteiger partial charge is 0.465 e. The van der Waals surface area contributed by atoms with Crippen molar-refractivity contribution in [2.75, 3.05) is 12.4 Å². The lowest BCUT2D eigenvalue weighted by molar-refractivity contribution is -0.116. The van der Waals surface area contributed by atoms with E-state index in [9.17, 15) is 9.59 Å². The molecule has 0 saturated heterocycles. The van der Waals surface area contributed by atoms with E-state index in [1.807, 2.05) is 0 Å². The molecule has 1 aliphatic rings. The number of amides is 1. The number of methoxy groups -OCH3 is 1. The molecule has 2 rings (SSSR count). The van der Waals surface area contributed by atoms with Crippen LogP contribution in [0.5, 0.6) is 0 Å². The van der Waals surface area contributed by atoms with E-state index in [4.69, 9.17) is 0 Å². The maximum atomic E-state index is 11.8. The summed E-state index contributed by atoms with van der Waals surface area (Å²) in [6.45, 7) is 0. The van der Waals surface area contributed by atoms with Crippen LogP contribution in [0.2, 0.25) is 0 Å². The van der Waals surface area contributed by atoms with Gasteiger partial charge in [-0.2, -0.15) is 0 Å². The zero-order valence-corrected chi connectivity index (χ0v) is 11.9. The lowest BCUT2D eigenvalue weighted by Crippen LogP contribution is -2.11. The number of nitrogens with one attached hydrogen (secondary N) is 1. The summed E-state index contributed by atoms with van der Waals surface area (Å²) >= 11 is 1.25. The van der Waals surface area contributed by atoms with Gasteiger partial charge in [-0.15, -0.1) is 11.3 Å². The minimum atomic E-state index is -0.364. The first-order valence-electron chi connectivity index (χ1n) is 6.67. The van der Waals surface area contributed by atoms with Gasteiger partial charge in [0.15, 0.2) is 0 Å². The molecule has 1 saturated carbocycles. The maximum Gasteiger partial charge on any atom is 0.348 e. The molecule has 1 fully saturated rings. The van der Waals surface area contributed by atoms with Gasteiger partial charge in [-0.3, -0.25) is 4.79 Å². The first-order chi connectivity index (χ1) is 9.19. The van der Waals surface area contributed by atoms with Crippen LogP contribution in [0, 0.1) is 5.92 Å². The summed E-state index contributed by atoms with van der Waals surface area (Å²) in [5.74, 6) is 0.390. The van der Waals surface area contributed by atoms with E-state index in [0.29, 0.717) is 16.3 Å². The molecule has 5 heteroatoms. The number of hydrogen-bond acceptors (Lipinski definition) is 4. The number of anilines is 1. The quantitative estimate of drug-likeness (QED) is 0.841. The van der Waals surface area contributed by atoms with Crippen LogP contribution < -0.4 is 5.32 Å². The summed E-state index contributed by atoms with van der Waals surface area (Å²) in [6, 6.07) is 3.41. The Morgan fingerprint density at radius 3 is 2.79 bits per heavy atom. The lowest BCUT2D eigenvalue weighted by atomic mass is 10.0. The second kappa shape index (κ2) is 6.70. The summed E-state index contributed by atoms with van der Waals surface area (Å²) in [4.78, 5) is 23.6. The predicted octanol–water partition coefficient (Wildman–Crippen LogP) is 3.44. The van der Waals surface area contributed by atoms with Crippen molar-refractivity contribution in [2.24, 2.45) is 5.92 Å². The fourth-order valence-electron chi connectivity index (χ4n) is 2.45. The number of thiophene rings is 1. The predicted molar refractivity (Wildman–Crippen MR) is 75.5 cm³/mol. The van der Waals surface area contributed by atoms with Crippen LogP contribution in [-0.4, -0.2) is 19.0 Å². The summed E-state index contributed by atoms with van der Waals surface area (Å²) in [5, 5.41) is 3.54. The zero-order chi connectivity index (χ0) is 13.7. The Balaban J connectivity index is 1.78. The Bertz CT molecular complexity index is 449. The molecule has 4 nitrogen and oxygen atoms in total. The highest BCUT2D eigenvalue weighted by molar-refractivity contribution is 7.18. The molecule has 0 atom stereocenters. The number of carbonyl (C=O) groups is 2.